The standard InChI is InChI=1S/C18H28N2O6S/c1-13(2)26-17-6-5-15(27(22,23)20-7-9-25-10-8-20)12-16(17)19-18(21)11-14(3)24-4/h5-6,12-14H,7-11H2,1-4H3,(H,19,21). The van der Waals surface area contributed by atoms with Crippen LogP contribution in [0.5, 0.6) is 5.75 Å². The number of amides is 1. The van der Waals surface area contributed by atoms with Crippen LogP contribution in [-0.2, 0) is 24.3 Å². The number of sulfonamides is 1. The lowest BCUT2D eigenvalue weighted by atomic mass is 10.2. The Morgan fingerprint density at radius 1 is 1.26 bits per heavy atom. The SMILES string of the molecule is COC(C)CC(=O)Nc1cc(S(=O)(=O)N2CCOCC2)ccc1OC(C)C. The molecule has 152 valence electrons. The van der Waals surface area contributed by atoms with Crippen LogP contribution in [0.2, 0.25) is 0 Å². The zero-order valence-corrected chi connectivity index (χ0v) is 17.0. The van der Waals surface area contributed by atoms with Gasteiger partial charge in [-0.25, -0.2) is 8.42 Å². The van der Waals surface area contributed by atoms with Crippen LogP contribution in [0.3, 0.4) is 0 Å². The zero-order chi connectivity index (χ0) is 20.0. The summed E-state index contributed by atoms with van der Waals surface area (Å²) in [4.78, 5) is 12.4. The maximum absolute atomic E-state index is 12.9. The molecule has 1 aromatic carbocycles. The van der Waals surface area contributed by atoms with E-state index in [0.29, 0.717) is 37.7 Å². The fraction of sp³-hybridized carbons (Fsp3) is 0.611. The van der Waals surface area contributed by atoms with E-state index < -0.39 is 10.0 Å². The van der Waals surface area contributed by atoms with Gasteiger partial charge < -0.3 is 19.5 Å². The molecule has 27 heavy (non-hydrogen) atoms. The maximum Gasteiger partial charge on any atom is 0.243 e. The van der Waals surface area contributed by atoms with Crippen molar-refractivity contribution < 1.29 is 27.4 Å². The Balaban J connectivity index is 2.31. The van der Waals surface area contributed by atoms with Gasteiger partial charge >= 0.3 is 0 Å². The number of nitrogens with one attached hydrogen (secondary N) is 1. The van der Waals surface area contributed by atoms with Crippen molar-refractivity contribution in [3.8, 4) is 5.75 Å². The fourth-order valence-corrected chi connectivity index (χ4v) is 4.04. The second-order valence-corrected chi connectivity index (χ2v) is 8.58. The fourth-order valence-electron chi connectivity index (χ4n) is 2.61. The highest BCUT2D eigenvalue weighted by molar-refractivity contribution is 7.89. The number of ether oxygens (including phenoxy) is 3. The molecule has 1 aliphatic rings. The minimum atomic E-state index is -3.67. The lowest BCUT2D eigenvalue weighted by molar-refractivity contribution is -0.118. The van der Waals surface area contributed by atoms with Gasteiger partial charge in [0.05, 0.1) is 42.4 Å². The van der Waals surface area contributed by atoms with Crippen LogP contribution in [0.4, 0.5) is 5.69 Å². The topological polar surface area (TPSA) is 94.2 Å². The smallest absolute Gasteiger partial charge is 0.243 e. The third kappa shape index (κ3) is 5.90. The van der Waals surface area contributed by atoms with Crippen molar-refractivity contribution in [2.75, 3.05) is 38.7 Å². The predicted octanol–water partition coefficient (Wildman–Crippen LogP) is 1.86. The van der Waals surface area contributed by atoms with Gasteiger partial charge in [0.1, 0.15) is 5.75 Å². The molecule has 1 fully saturated rings. The molecule has 1 N–H and O–H groups in total. The minimum absolute atomic E-state index is 0.107. The normalized spacial score (nSPS) is 16.9. The first-order valence-electron chi connectivity index (χ1n) is 8.95. The number of carbonyl (C=O) groups is 1. The number of nitrogens with zero attached hydrogens (tertiary/aromatic N) is 1. The van der Waals surface area contributed by atoms with E-state index in [-0.39, 0.29) is 29.4 Å². The first kappa shape index (κ1) is 21.6. The highest BCUT2D eigenvalue weighted by Crippen LogP contribution is 2.30. The predicted molar refractivity (Wildman–Crippen MR) is 102 cm³/mol. The average Bonchev–Trinajstić information content (AvgIpc) is 2.63. The van der Waals surface area contributed by atoms with E-state index in [4.69, 9.17) is 14.2 Å². The number of anilines is 1. The van der Waals surface area contributed by atoms with Crippen molar-refractivity contribution in [1.29, 1.82) is 0 Å². The summed E-state index contributed by atoms with van der Waals surface area (Å²) < 4.78 is 43.2. The van der Waals surface area contributed by atoms with E-state index in [9.17, 15) is 13.2 Å². The minimum Gasteiger partial charge on any atom is -0.489 e. The number of rotatable bonds is 8. The third-order valence-corrected chi connectivity index (χ3v) is 5.97. The molecule has 0 bridgehead atoms. The van der Waals surface area contributed by atoms with Crippen molar-refractivity contribution in [3.05, 3.63) is 18.2 Å². The summed E-state index contributed by atoms with van der Waals surface area (Å²) in [5.74, 6) is 0.142. The van der Waals surface area contributed by atoms with Gasteiger partial charge in [0.15, 0.2) is 0 Å². The monoisotopic (exact) mass is 400 g/mol. The Hall–Kier alpha value is -1.68. The van der Waals surface area contributed by atoms with Crippen molar-refractivity contribution in [2.45, 2.75) is 44.3 Å². The van der Waals surface area contributed by atoms with Gasteiger partial charge in [-0.15, -0.1) is 0 Å². The Kier molecular flexibility index (Phi) is 7.60. The Morgan fingerprint density at radius 3 is 2.52 bits per heavy atom. The molecular formula is C18H28N2O6S. The number of morpholine rings is 1. The molecule has 0 saturated carbocycles. The largest absolute Gasteiger partial charge is 0.489 e. The zero-order valence-electron chi connectivity index (χ0n) is 16.2. The van der Waals surface area contributed by atoms with Crippen LogP contribution in [0.25, 0.3) is 0 Å². The van der Waals surface area contributed by atoms with Crippen LogP contribution in [0, 0.1) is 0 Å². The van der Waals surface area contributed by atoms with Crippen molar-refractivity contribution in [3.63, 3.8) is 0 Å². The van der Waals surface area contributed by atoms with E-state index in [2.05, 4.69) is 5.32 Å². The van der Waals surface area contributed by atoms with E-state index >= 15 is 0 Å². The molecule has 2 rings (SSSR count). The van der Waals surface area contributed by atoms with Crippen LogP contribution in [-0.4, -0.2) is 64.3 Å². The summed E-state index contributed by atoms with van der Waals surface area (Å²) in [5.41, 5.74) is 0.325. The molecule has 0 radical (unpaired) electrons. The van der Waals surface area contributed by atoms with Crippen LogP contribution in [0.15, 0.2) is 23.1 Å². The summed E-state index contributed by atoms with van der Waals surface area (Å²) in [6, 6.07) is 4.51. The molecule has 8 nitrogen and oxygen atoms in total. The van der Waals surface area contributed by atoms with Crippen LogP contribution < -0.4 is 10.1 Å². The van der Waals surface area contributed by atoms with Gasteiger partial charge in [-0.3, -0.25) is 4.79 Å². The molecule has 1 unspecified atom stereocenters. The summed E-state index contributed by atoms with van der Waals surface area (Å²) in [6.45, 7) is 6.84. The first-order valence-corrected chi connectivity index (χ1v) is 10.4. The Morgan fingerprint density at radius 2 is 1.93 bits per heavy atom. The second kappa shape index (κ2) is 9.50. The van der Waals surface area contributed by atoms with E-state index in [1.807, 2.05) is 13.8 Å². The molecule has 9 heteroatoms. The van der Waals surface area contributed by atoms with Gasteiger partial charge in [-0.1, -0.05) is 0 Å². The van der Waals surface area contributed by atoms with Gasteiger partial charge in [-0.2, -0.15) is 4.31 Å². The van der Waals surface area contributed by atoms with Crippen LogP contribution >= 0.6 is 0 Å². The van der Waals surface area contributed by atoms with Gasteiger partial charge in [0, 0.05) is 20.2 Å². The number of hydrogen-bond acceptors (Lipinski definition) is 6. The Bertz CT molecular complexity index is 744. The van der Waals surface area contributed by atoms with Crippen molar-refractivity contribution >= 4 is 21.6 Å². The quantitative estimate of drug-likeness (QED) is 0.716. The maximum atomic E-state index is 12.9. The number of hydrogen-bond donors (Lipinski definition) is 1. The lowest BCUT2D eigenvalue weighted by Crippen LogP contribution is -2.40. The summed E-state index contributed by atoms with van der Waals surface area (Å²) in [6.07, 6.45) is -0.224. The highest BCUT2D eigenvalue weighted by Gasteiger charge is 2.27. The summed E-state index contributed by atoms with van der Waals surface area (Å²) in [5, 5.41) is 2.74. The second-order valence-electron chi connectivity index (χ2n) is 6.64. The van der Waals surface area contributed by atoms with E-state index in [0.717, 1.165) is 0 Å². The summed E-state index contributed by atoms with van der Waals surface area (Å²) >= 11 is 0. The number of benzene rings is 1. The van der Waals surface area contributed by atoms with Crippen LogP contribution in [0.1, 0.15) is 27.2 Å². The number of methoxy groups -OCH3 is 1. The van der Waals surface area contributed by atoms with Gasteiger partial charge in [0.2, 0.25) is 15.9 Å². The van der Waals surface area contributed by atoms with E-state index in [1.54, 1.807) is 13.0 Å². The average molecular weight is 400 g/mol. The molecule has 0 aliphatic carbocycles. The Labute approximate surface area is 160 Å². The highest BCUT2D eigenvalue weighted by atomic mass is 32.2. The molecular weight excluding hydrogens is 372 g/mol. The third-order valence-electron chi connectivity index (χ3n) is 4.07. The molecule has 1 atom stereocenters. The molecule has 0 aromatic heterocycles. The molecule has 0 spiro atoms. The van der Waals surface area contributed by atoms with E-state index in [1.165, 1.54) is 23.5 Å². The summed E-state index contributed by atoms with van der Waals surface area (Å²) in [7, 11) is -2.14. The van der Waals surface area contributed by atoms with Crippen molar-refractivity contribution in [2.24, 2.45) is 0 Å². The number of carbonyl (C=O) groups excluding carboxylic acids is 1. The molecule has 1 heterocycles. The van der Waals surface area contributed by atoms with Gasteiger partial charge in [-0.05, 0) is 39.0 Å². The first-order chi connectivity index (χ1) is 12.7. The van der Waals surface area contributed by atoms with Crippen molar-refractivity contribution in [1.82, 2.24) is 4.31 Å². The molecule has 1 aromatic rings. The lowest BCUT2D eigenvalue weighted by Gasteiger charge is -2.26. The molecule has 1 saturated heterocycles. The van der Waals surface area contributed by atoms with Gasteiger partial charge in [0.25, 0.3) is 0 Å². The molecule has 1 amide bonds. The molecule has 1 aliphatic heterocycles.